The van der Waals surface area contributed by atoms with Gasteiger partial charge in [-0.25, -0.2) is 0 Å². The second kappa shape index (κ2) is 6.89. The van der Waals surface area contributed by atoms with Crippen molar-refractivity contribution in [3.05, 3.63) is 0 Å². The lowest BCUT2D eigenvalue weighted by molar-refractivity contribution is -0.152. The maximum absolute atomic E-state index is 12.1. The van der Waals surface area contributed by atoms with Gasteiger partial charge >= 0.3 is 5.97 Å². The molecule has 1 heterocycles. The van der Waals surface area contributed by atoms with Crippen LogP contribution in [-0.2, 0) is 19.1 Å². The Kier molecular flexibility index (Phi) is 5.79. The van der Waals surface area contributed by atoms with E-state index in [-0.39, 0.29) is 17.6 Å². The monoisotopic (exact) mass is 271 g/mol. The maximum Gasteiger partial charge on any atom is 0.318 e. The summed E-state index contributed by atoms with van der Waals surface area (Å²) >= 11 is 0. The van der Waals surface area contributed by atoms with Crippen LogP contribution in [0.2, 0.25) is 0 Å². The molecule has 0 aromatic rings. The number of esters is 1. The van der Waals surface area contributed by atoms with Gasteiger partial charge in [-0.1, -0.05) is 6.92 Å². The van der Waals surface area contributed by atoms with E-state index in [1.54, 1.807) is 6.92 Å². The van der Waals surface area contributed by atoms with E-state index >= 15 is 0 Å². The Morgan fingerprint density at radius 1 is 1.42 bits per heavy atom. The van der Waals surface area contributed by atoms with E-state index in [2.05, 4.69) is 5.32 Å². The third kappa shape index (κ3) is 4.82. The highest BCUT2D eigenvalue weighted by molar-refractivity contribution is 5.97. The van der Waals surface area contributed by atoms with Gasteiger partial charge in [-0.2, -0.15) is 0 Å². The second-order valence-electron chi connectivity index (χ2n) is 5.52. The van der Waals surface area contributed by atoms with E-state index in [9.17, 15) is 9.59 Å². The van der Waals surface area contributed by atoms with Crippen LogP contribution in [0.3, 0.4) is 0 Å². The minimum absolute atomic E-state index is 0.0692. The van der Waals surface area contributed by atoms with Crippen LogP contribution in [0.1, 0.15) is 47.0 Å². The minimum atomic E-state index is -0.703. The lowest BCUT2D eigenvalue weighted by Crippen LogP contribution is -2.48. The lowest BCUT2D eigenvalue weighted by Gasteiger charge is -2.36. The molecule has 1 aliphatic heterocycles. The number of hydrogen-bond donors (Lipinski definition) is 1. The summed E-state index contributed by atoms with van der Waals surface area (Å²) in [5.41, 5.74) is -0.220. The van der Waals surface area contributed by atoms with Crippen LogP contribution in [0, 0.1) is 5.92 Å². The van der Waals surface area contributed by atoms with Crippen molar-refractivity contribution in [2.45, 2.75) is 58.6 Å². The van der Waals surface area contributed by atoms with Gasteiger partial charge in [-0.3, -0.25) is 9.59 Å². The van der Waals surface area contributed by atoms with Gasteiger partial charge in [-0.05, 0) is 40.0 Å². The van der Waals surface area contributed by atoms with Gasteiger partial charge in [0.25, 0.3) is 0 Å². The van der Waals surface area contributed by atoms with Crippen molar-refractivity contribution in [3.8, 4) is 0 Å². The topological polar surface area (TPSA) is 64.6 Å². The van der Waals surface area contributed by atoms with Crippen molar-refractivity contribution < 1.29 is 19.1 Å². The van der Waals surface area contributed by atoms with Crippen LogP contribution in [-0.4, -0.2) is 36.7 Å². The van der Waals surface area contributed by atoms with E-state index in [1.165, 1.54) is 0 Å². The van der Waals surface area contributed by atoms with Crippen LogP contribution in [0.4, 0.5) is 0 Å². The number of ether oxygens (including phenoxy) is 2. The fraction of sp³-hybridized carbons (Fsp3) is 0.857. The Hall–Kier alpha value is -1.10. The Balaban J connectivity index is 2.55. The van der Waals surface area contributed by atoms with Crippen LogP contribution < -0.4 is 5.32 Å². The van der Waals surface area contributed by atoms with E-state index < -0.39 is 11.9 Å². The molecule has 110 valence electrons. The number of carbonyl (C=O) groups is 2. The Morgan fingerprint density at radius 2 is 2.11 bits per heavy atom. The first-order valence-electron chi connectivity index (χ1n) is 7.00. The maximum atomic E-state index is 12.1. The predicted molar refractivity (Wildman–Crippen MR) is 71.6 cm³/mol. The zero-order valence-corrected chi connectivity index (χ0v) is 12.3. The van der Waals surface area contributed by atoms with Gasteiger partial charge in [0.05, 0.1) is 12.2 Å². The molecule has 0 radical (unpaired) electrons. The van der Waals surface area contributed by atoms with E-state index in [1.807, 2.05) is 20.8 Å². The first-order chi connectivity index (χ1) is 8.89. The van der Waals surface area contributed by atoms with Crippen LogP contribution in [0.15, 0.2) is 0 Å². The lowest BCUT2D eigenvalue weighted by atomic mass is 9.93. The molecule has 0 spiro atoms. The molecule has 0 saturated carbocycles. The SMILES string of the molecule is CCOC(=O)[C@H](CC)C(=O)N[C@H]1CCOC(C)(C)C1. The van der Waals surface area contributed by atoms with Crippen molar-refractivity contribution in [2.24, 2.45) is 5.92 Å². The standard InChI is InChI=1S/C14H25NO4/c1-5-11(13(17)18-6-2)12(16)15-10-7-8-19-14(3,4)9-10/h10-11H,5-9H2,1-4H3,(H,15,16)/t10-,11+/m0/s1. The minimum Gasteiger partial charge on any atom is -0.465 e. The van der Waals surface area contributed by atoms with Crippen molar-refractivity contribution in [2.75, 3.05) is 13.2 Å². The summed E-state index contributed by atoms with van der Waals surface area (Å²) in [7, 11) is 0. The van der Waals surface area contributed by atoms with Gasteiger partial charge in [0.2, 0.25) is 5.91 Å². The number of hydrogen-bond acceptors (Lipinski definition) is 4. The number of carbonyl (C=O) groups excluding carboxylic acids is 2. The highest BCUT2D eigenvalue weighted by atomic mass is 16.5. The fourth-order valence-electron chi connectivity index (χ4n) is 2.36. The van der Waals surface area contributed by atoms with E-state index in [4.69, 9.17) is 9.47 Å². The smallest absolute Gasteiger partial charge is 0.318 e. The highest BCUT2D eigenvalue weighted by Gasteiger charge is 2.33. The first kappa shape index (κ1) is 16.0. The zero-order chi connectivity index (χ0) is 14.5. The molecule has 19 heavy (non-hydrogen) atoms. The molecular weight excluding hydrogens is 246 g/mol. The quantitative estimate of drug-likeness (QED) is 0.610. The molecule has 1 N–H and O–H groups in total. The summed E-state index contributed by atoms with van der Waals surface area (Å²) in [4.78, 5) is 23.8. The Bertz CT molecular complexity index is 327. The molecule has 5 heteroatoms. The highest BCUT2D eigenvalue weighted by Crippen LogP contribution is 2.24. The zero-order valence-electron chi connectivity index (χ0n) is 12.3. The molecule has 0 aromatic heterocycles. The van der Waals surface area contributed by atoms with Crippen molar-refractivity contribution in [1.29, 1.82) is 0 Å². The summed E-state index contributed by atoms with van der Waals surface area (Å²) < 4.78 is 10.5. The molecule has 1 saturated heterocycles. The number of rotatable bonds is 5. The molecule has 1 aliphatic rings. The van der Waals surface area contributed by atoms with Crippen LogP contribution >= 0.6 is 0 Å². The van der Waals surface area contributed by atoms with Gasteiger partial charge < -0.3 is 14.8 Å². The van der Waals surface area contributed by atoms with Gasteiger partial charge in [0.15, 0.2) is 0 Å². The summed E-state index contributed by atoms with van der Waals surface area (Å²) in [6, 6.07) is 0.0692. The van der Waals surface area contributed by atoms with Crippen molar-refractivity contribution in [1.82, 2.24) is 5.32 Å². The molecule has 0 aromatic carbocycles. The number of nitrogens with one attached hydrogen (secondary N) is 1. The van der Waals surface area contributed by atoms with Gasteiger partial charge in [0, 0.05) is 12.6 Å². The van der Waals surface area contributed by atoms with Crippen molar-refractivity contribution >= 4 is 11.9 Å². The molecular formula is C14H25NO4. The molecule has 2 atom stereocenters. The normalized spacial score (nSPS) is 23.5. The third-order valence-electron chi connectivity index (χ3n) is 3.34. The number of amides is 1. The fourth-order valence-corrected chi connectivity index (χ4v) is 2.36. The van der Waals surface area contributed by atoms with E-state index in [0.29, 0.717) is 19.6 Å². The summed E-state index contributed by atoms with van der Waals surface area (Å²) in [5.74, 6) is -1.37. The molecule has 0 aliphatic carbocycles. The van der Waals surface area contributed by atoms with Crippen LogP contribution in [0.5, 0.6) is 0 Å². The summed E-state index contributed by atoms with van der Waals surface area (Å²) in [6.07, 6.45) is 2.00. The van der Waals surface area contributed by atoms with Gasteiger partial charge in [-0.15, -0.1) is 0 Å². The van der Waals surface area contributed by atoms with Crippen LogP contribution in [0.25, 0.3) is 0 Å². The van der Waals surface area contributed by atoms with E-state index in [0.717, 1.165) is 12.8 Å². The van der Waals surface area contributed by atoms with Crippen molar-refractivity contribution in [3.63, 3.8) is 0 Å². The molecule has 0 bridgehead atoms. The Morgan fingerprint density at radius 3 is 2.63 bits per heavy atom. The second-order valence-corrected chi connectivity index (χ2v) is 5.52. The summed E-state index contributed by atoms with van der Waals surface area (Å²) in [5, 5.41) is 2.95. The third-order valence-corrected chi connectivity index (χ3v) is 3.34. The Labute approximate surface area is 115 Å². The predicted octanol–water partition coefficient (Wildman–Crippen LogP) is 1.65. The first-order valence-corrected chi connectivity index (χ1v) is 7.00. The molecule has 1 rings (SSSR count). The molecule has 1 amide bonds. The average molecular weight is 271 g/mol. The molecule has 5 nitrogen and oxygen atoms in total. The van der Waals surface area contributed by atoms with Gasteiger partial charge in [0.1, 0.15) is 5.92 Å². The molecule has 1 fully saturated rings. The summed E-state index contributed by atoms with van der Waals surface area (Å²) in [6.45, 7) is 8.50. The molecule has 0 unspecified atom stereocenters. The largest absolute Gasteiger partial charge is 0.465 e. The average Bonchev–Trinajstić information content (AvgIpc) is 2.28.